The zero-order valence-electron chi connectivity index (χ0n) is 9.74. The van der Waals surface area contributed by atoms with Crippen LogP contribution in [-0.2, 0) is 0 Å². The zero-order valence-corrected chi connectivity index (χ0v) is 9.74. The molecule has 0 unspecified atom stereocenters. The van der Waals surface area contributed by atoms with Crippen LogP contribution in [0.2, 0.25) is 0 Å². The van der Waals surface area contributed by atoms with Gasteiger partial charge in [-0.2, -0.15) is 0 Å². The van der Waals surface area contributed by atoms with Gasteiger partial charge in [-0.3, -0.25) is 10.1 Å². The highest BCUT2D eigenvalue weighted by atomic mass is 16.6. The maximum atomic E-state index is 10.5. The Balaban J connectivity index is 2.01. The molecule has 0 saturated heterocycles. The van der Waals surface area contributed by atoms with Gasteiger partial charge in [0.05, 0.1) is 16.3 Å². The summed E-state index contributed by atoms with van der Waals surface area (Å²) in [5.74, 6) is 0. The minimum absolute atomic E-state index is 0.0257. The van der Waals surface area contributed by atoms with Crippen molar-refractivity contribution in [3.63, 3.8) is 0 Å². The summed E-state index contributed by atoms with van der Waals surface area (Å²) in [6, 6.07) is 12.6. The Morgan fingerprint density at radius 2 is 1.68 bits per heavy atom. The molecule has 7 nitrogen and oxygen atoms in total. The second-order valence-corrected chi connectivity index (χ2v) is 3.70. The van der Waals surface area contributed by atoms with Gasteiger partial charge in [-0.25, -0.2) is 0 Å². The Morgan fingerprint density at radius 3 is 2.32 bits per heavy atom. The lowest BCUT2D eigenvalue weighted by molar-refractivity contribution is -0.384. The maximum Gasteiger partial charge on any atom is 0.269 e. The van der Waals surface area contributed by atoms with Crippen molar-refractivity contribution in [2.24, 2.45) is 5.18 Å². The number of hydrogen-bond acceptors (Lipinski definition) is 6. The number of non-ortho nitro benzene ring substituents is 1. The van der Waals surface area contributed by atoms with Crippen LogP contribution in [0.25, 0.3) is 0 Å². The molecule has 2 aromatic carbocycles. The minimum atomic E-state index is -0.462. The summed E-state index contributed by atoms with van der Waals surface area (Å²) in [6.45, 7) is 0. The number of rotatable bonds is 5. The fourth-order valence-electron chi connectivity index (χ4n) is 1.45. The van der Waals surface area contributed by atoms with Gasteiger partial charge in [0.2, 0.25) is 0 Å². The molecule has 0 amide bonds. The highest BCUT2D eigenvalue weighted by molar-refractivity contribution is 5.58. The van der Waals surface area contributed by atoms with E-state index in [1.807, 2.05) is 0 Å². The highest BCUT2D eigenvalue weighted by Crippen LogP contribution is 2.19. The van der Waals surface area contributed by atoms with Crippen molar-refractivity contribution in [3.05, 3.63) is 63.6 Å². The number of benzene rings is 2. The number of nitrogens with one attached hydrogen (secondary N) is 2. The van der Waals surface area contributed by atoms with Crippen molar-refractivity contribution in [3.8, 4) is 0 Å². The van der Waals surface area contributed by atoms with Crippen molar-refractivity contribution in [2.45, 2.75) is 0 Å². The van der Waals surface area contributed by atoms with E-state index in [-0.39, 0.29) is 5.69 Å². The average Bonchev–Trinajstić information content (AvgIpc) is 2.46. The maximum absolute atomic E-state index is 10.5. The smallest absolute Gasteiger partial charge is 0.269 e. The summed E-state index contributed by atoms with van der Waals surface area (Å²) in [6.07, 6.45) is 0. The quantitative estimate of drug-likeness (QED) is 0.486. The largest absolute Gasteiger partial charge is 0.301 e. The van der Waals surface area contributed by atoms with E-state index in [9.17, 15) is 15.0 Å². The number of nitro benzene ring substituents is 1. The third kappa shape index (κ3) is 3.25. The van der Waals surface area contributed by atoms with Gasteiger partial charge >= 0.3 is 0 Å². The summed E-state index contributed by atoms with van der Waals surface area (Å²) < 4.78 is 0. The van der Waals surface area contributed by atoms with Gasteiger partial charge in [-0.1, -0.05) is 6.07 Å². The fourth-order valence-corrected chi connectivity index (χ4v) is 1.45. The molecule has 2 rings (SSSR count). The Hall–Kier alpha value is -2.96. The first kappa shape index (κ1) is 12.5. The van der Waals surface area contributed by atoms with Crippen LogP contribution in [0.4, 0.5) is 22.7 Å². The van der Waals surface area contributed by atoms with Crippen molar-refractivity contribution in [1.29, 1.82) is 0 Å². The molecule has 0 fully saturated rings. The second kappa shape index (κ2) is 5.58. The molecule has 0 aliphatic rings. The Morgan fingerprint density at radius 1 is 1.00 bits per heavy atom. The van der Waals surface area contributed by atoms with Gasteiger partial charge in [0.15, 0.2) is 0 Å². The summed E-state index contributed by atoms with van der Waals surface area (Å²) >= 11 is 0. The van der Waals surface area contributed by atoms with Gasteiger partial charge < -0.3 is 10.9 Å². The molecule has 0 atom stereocenters. The number of nitro groups is 1. The van der Waals surface area contributed by atoms with Crippen LogP contribution in [0, 0.1) is 15.0 Å². The summed E-state index contributed by atoms with van der Waals surface area (Å²) in [4.78, 5) is 20.4. The number of nitroso groups, excluding NO2 is 1. The van der Waals surface area contributed by atoms with Gasteiger partial charge in [-0.15, -0.1) is 4.91 Å². The van der Waals surface area contributed by atoms with E-state index >= 15 is 0 Å². The lowest BCUT2D eigenvalue weighted by atomic mass is 10.3. The van der Waals surface area contributed by atoms with Crippen LogP contribution in [0.1, 0.15) is 0 Å². The molecule has 0 heterocycles. The van der Waals surface area contributed by atoms with Crippen LogP contribution in [0.5, 0.6) is 0 Å². The van der Waals surface area contributed by atoms with Crippen LogP contribution >= 0.6 is 0 Å². The van der Waals surface area contributed by atoms with Crippen LogP contribution in [0.3, 0.4) is 0 Å². The third-order valence-corrected chi connectivity index (χ3v) is 2.38. The van der Waals surface area contributed by atoms with E-state index in [2.05, 4.69) is 16.0 Å². The molecule has 0 aliphatic carbocycles. The monoisotopic (exact) mass is 258 g/mol. The predicted molar refractivity (Wildman–Crippen MR) is 72.2 cm³/mol. The third-order valence-electron chi connectivity index (χ3n) is 2.38. The second-order valence-electron chi connectivity index (χ2n) is 3.70. The molecule has 19 heavy (non-hydrogen) atoms. The molecule has 0 spiro atoms. The molecular formula is C12H10N4O3. The molecule has 0 saturated carbocycles. The molecule has 2 N–H and O–H groups in total. The number of hydrogen-bond donors (Lipinski definition) is 2. The van der Waals surface area contributed by atoms with Gasteiger partial charge in [0.1, 0.15) is 5.69 Å². The van der Waals surface area contributed by atoms with E-state index in [0.29, 0.717) is 17.1 Å². The van der Waals surface area contributed by atoms with Crippen molar-refractivity contribution in [2.75, 3.05) is 10.9 Å². The average molecular weight is 258 g/mol. The van der Waals surface area contributed by atoms with Crippen molar-refractivity contribution in [1.82, 2.24) is 0 Å². The number of nitrogens with zero attached hydrogens (tertiary/aromatic N) is 2. The van der Waals surface area contributed by atoms with Crippen LogP contribution in [0.15, 0.2) is 53.7 Å². The fraction of sp³-hybridized carbons (Fsp3) is 0. The molecule has 0 radical (unpaired) electrons. The highest BCUT2D eigenvalue weighted by Gasteiger charge is 2.03. The summed E-state index contributed by atoms with van der Waals surface area (Å²) in [5.41, 5.74) is 7.39. The first-order valence-corrected chi connectivity index (χ1v) is 5.39. The Kier molecular flexibility index (Phi) is 3.67. The molecule has 0 aliphatic heterocycles. The molecule has 0 aromatic heterocycles. The lowest BCUT2D eigenvalue weighted by Gasteiger charge is -2.09. The zero-order chi connectivity index (χ0) is 13.7. The molecule has 7 heteroatoms. The summed E-state index contributed by atoms with van der Waals surface area (Å²) in [5, 5.41) is 13.3. The van der Waals surface area contributed by atoms with Gasteiger partial charge in [0.25, 0.3) is 5.69 Å². The normalized spacial score (nSPS) is 9.68. The van der Waals surface area contributed by atoms with Crippen molar-refractivity contribution >= 4 is 22.7 Å². The van der Waals surface area contributed by atoms with E-state index in [1.54, 1.807) is 36.4 Å². The van der Waals surface area contributed by atoms with Gasteiger partial charge in [0, 0.05) is 12.1 Å². The molecule has 96 valence electrons. The van der Waals surface area contributed by atoms with E-state index < -0.39 is 4.92 Å². The first-order valence-electron chi connectivity index (χ1n) is 5.39. The van der Waals surface area contributed by atoms with Crippen LogP contribution in [-0.4, -0.2) is 4.92 Å². The van der Waals surface area contributed by atoms with E-state index in [1.165, 1.54) is 12.1 Å². The number of anilines is 2. The number of hydrazine groups is 1. The lowest BCUT2D eigenvalue weighted by Crippen LogP contribution is -2.08. The topological polar surface area (TPSA) is 96.6 Å². The minimum Gasteiger partial charge on any atom is -0.301 e. The Bertz CT molecular complexity index is 598. The SMILES string of the molecule is O=Nc1cccc(NNc2ccc([N+](=O)[O-])cc2)c1. The molecular weight excluding hydrogens is 248 g/mol. The first-order chi connectivity index (χ1) is 9.19. The van der Waals surface area contributed by atoms with Crippen LogP contribution < -0.4 is 10.9 Å². The van der Waals surface area contributed by atoms with E-state index in [0.717, 1.165) is 0 Å². The van der Waals surface area contributed by atoms with Crippen molar-refractivity contribution < 1.29 is 4.92 Å². The molecule has 0 bridgehead atoms. The predicted octanol–water partition coefficient (Wildman–Crippen LogP) is 3.43. The van der Waals surface area contributed by atoms with Gasteiger partial charge in [-0.05, 0) is 35.5 Å². The standard InChI is InChI=1S/C12H10N4O3/c17-15-11-3-1-2-10(8-11)14-13-9-4-6-12(7-5-9)16(18)19/h1-8,13-14H. The summed E-state index contributed by atoms with van der Waals surface area (Å²) in [7, 11) is 0. The molecule has 2 aromatic rings. The van der Waals surface area contributed by atoms with E-state index in [4.69, 9.17) is 0 Å². The Labute approximate surface area is 108 Å².